The summed E-state index contributed by atoms with van der Waals surface area (Å²) in [5.41, 5.74) is 0.531. The Morgan fingerprint density at radius 3 is 2.96 bits per heavy atom. The zero-order valence-electron chi connectivity index (χ0n) is 13.4. The molecule has 0 saturated carbocycles. The van der Waals surface area contributed by atoms with E-state index in [9.17, 15) is 13.2 Å². The average Bonchev–Trinajstić information content (AvgIpc) is 3.22. The SMILES string of the molecule is CCc1cc(C(=O)N2CCOCC2c2[nH]ncc2S(C)(=O)=O)no1. The molecule has 1 aliphatic heterocycles. The Hall–Kier alpha value is -2.20. The Kier molecular flexibility index (Phi) is 4.41. The molecule has 3 heterocycles. The Balaban J connectivity index is 1.94. The molecule has 0 bridgehead atoms. The summed E-state index contributed by atoms with van der Waals surface area (Å²) in [6.07, 6.45) is 2.97. The Bertz CT molecular complexity index is 841. The number of aromatic nitrogens is 3. The molecular formula is C14H18N4O5S. The second-order valence-corrected chi connectivity index (χ2v) is 7.53. The molecule has 1 unspecified atom stereocenters. The first-order chi connectivity index (χ1) is 11.4. The number of sulfone groups is 1. The number of rotatable bonds is 4. The third kappa shape index (κ3) is 3.06. The Morgan fingerprint density at radius 2 is 2.29 bits per heavy atom. The molecule has 1 saturated heterocycles. The molecule has 10 heteroatoms. The van der Waals surface area contributed by atoms with Gasteiger partial charge in [0.15, 0.2) is 15.5 Å². The van der Waals surface area contributed by atoms with Crippen molar-refractivity contribution >= 4 is 15.7 Å². The van der Waals surface area contributed by atoms with Gasteiger partial charge >= 0.3 is 0 Å². The van der Waals surface area contributed by atoms with Crippen LogP contribution in [0.4, 0.5) is 0 Å². The fraction of sp³-hybridized carbons (Fsp3) is 0.500. The topological polar surface area (TPSA) is 118 Å². The van der Waals surface area contributed by atoms with Crippen molar-refractivity contribution in [3.63, 3.8) is 0 Å². The van der Waals surface area contributed by atoms with Gasteiger partial charge in [-0.05, 0) is 0 Å². The van der Waals surface area contributed by atoms with Crippen molar-refractivity contribution in [1.82, 2.24) is 20.3 Å². The van der Waals surface area contributed by atoms with E-state index in [1.54, 1.807) is 6.07 Å². The number of ether oxygens (including phenoxy) is 1. The lowest BCUT2D eigenvalue weighted by atomic mass is 10.1. The monoisotopic (exact) mass is 354 g/mol. The van der Waals surface area contributed by atoms with Crippen molar-refractivity contribution in [1.29, 1.82) is 0 Å². The summed E-state index contributed by atoms with van der Waals surface area (Å²) in [6, 6.07) is 1.01. The number of aryl methyl sites for hydroxylation is 1. The first kappa shape index (κ1) is 16.7. The van der Waals surface area contributed by atoms with Gasteiger partial charge in [0.25, 0.3) is 5.91 Å². The predicted octanol–water partition coefficient (Wildman–Crippen LogP) is 0.577. The van der Waals surface area contributed by atoms with Crippen molar-refractivity contribution in [2.75, 3.05) is 26.0 Å². The molecule has 1 atom stereocenters. The van der Waals surface area contributed by atoms with Crippen molar-refractivity contribution < 1.29 is 22.5 Å². The van der Waals surface area contributed by atoms with Crippen molar-refractivity contribution in [3.05, 3.63) is 29.4 Å². The summed E-state index contributed by atoms with van der Waals surface area (Å²) in [7, 11) is -3.47. The highest BCUT2D eigenvalue weighted by atomic mass is 32.2. The van der Waals surface area contributed by atoms with Crippen LogP contribution in [0.3, 0.4) is 0 Å². The van der Waals surface area contributed by atoms with E-state index in [1.165, 1.54) is 11.1 Å². The van der Waals surface area contributed by atoms with Crippen molar-refractivity contribution in [2.24, 2.45) is 0 Å². The number of hydrogen-bond donors (Lipinski definition) is 1. The minimum Gasteiger partial charge on any atom is -0.377 e. The highest BCUT2D eigenvalue weighted by Gasteiger charge is 2.35. The zero-order chi connectivity index (χ0) is 17.3. The van der Waals surface area contributed by atoms with E-state index in [1.807, 2.05) is 6.92 Å². The van der Waals surface area contributed by atoms with Crippen LogP contribution < -0.4 is 0 Å². The number of morpholine rings is 1. The van der Waals surface area contributed by atoms with Gasteiger partial charge in [0, 0.05) is 25.3 Å². The number of nitrogens with zero attached hydrogens (tertiary/aromatic N) is 3. The number of H-pyrrole nitrogens is 1. The first-order valence-corrected chi connectivity index (χ1v) is 9.38. The van der Waals surface area contributed by atoms with E-state index in [-0.39, 0.29) is 23.1 Å². The number of carbonyl (C=O) groups excluding carboxylic acids is 1. The van der Waals surface area contributed by atoms with Crippen LogP contribution in [0.2, 0.25) is 0 Å². The number of hydrogen-bond acceptors (Lipinski definition) is 7. The minimum absolute atomic E-state index is 0.0604. The normalized spacial score (nSPS) is 18.8. The molecule has 0 aromatic carbocycles. The zero-order valence-corrected chi connectivity index (χ0v) is 14.2. The molecule has 1 fully saturated rings. The van der Waals surface area contributed by atoms with Gasteiger partial charge in [0.2, 0.25) is 0 Å². The fourth-order valence-electron chi connectivity index (χ4n) is 2.63. The second-order valence-electron chi connectivity index (χ2n) is 5.54. The van der Waals surface area contributed by atoms with E-state index in [0.717, 1.165) is 6.26 Å². The quantitative estimate of drug-likeness (QED) is 0.853. The Labute approximate surface area is 138 Å². The summed E-state index contributed by atoms with van der Waals surface area (Å²) >= 11 is 0. The van der Waals surface area contributed by atoms with E-state index in [4.69, 9.17) is 9.26 Å². The van der Waals surface area contributed by atoms with Gasteiger partial charge in [0.1, 0.15) is 10.7 Å². The molecule has 2 aromatic heterocycles. The maximum Gasteiger partial charge on any atom is 0.276 e. The molecule has 1 amide bonds. The molecule has 1 aliphatic rings. The van der Waals surface area contributed by atoms with Gasteiger partial charge in [-0.3, -0.25) is 9.89 Å². The summed E-state index contributed by atoms with van der Waals surface area (Å²) in [5.74, 6) is 0.280. The molecular weight excluding hydrogens is 336 g/mol. The smallest absolute Gasteiger partial charge is 0.276 e. The number of amides is 1. The van der Waals surface area contributed by atoms with Crippen LogP contribution in [0.5, 0.6) is 0 Å². The van der Waals surface area contributed by atoms with Gasteiger partial charge < -0.3 is 14.2 Å². The van der Waals surface area contributed by atoms with E-state index < -0.39 is 15.9 Å². The lowest BCUT2D eigenvalue weighted by molar-refractivity contribution is -0.00518. The van der Waals surface area contributed by atoms with E-state index in [2.05, 4.69) is 15.4 Å². The van der Waals surface area contributed by atoms with Crippen LogP contribution in [0, 0.1) is 0 Å². The summed E-state index contributed by atoms with van der Waals surface area (Å²) in [6.45, 7) is 2.76. The van der Waals surface area contributed by atoms with Crippen LogP contribution in [0.15, 0.2) is 21.7 Å². The number of nitrogens with one attached hydrogen (secondary N) is 1. The van der Waals surface area contributed by atoms with Gasteiger partial charge in [-0.25, -0.2) is 8.42 Å². The molecule has 3 rings (SSSR count). The maximum absolute atomic E-state index is 12.8. The number of aromatic amines is 1. The summed E-state index contributed by atoms with van der Waals surface area (Å²) < 4.78 is 34.3. The van der Waals surface area contributed by atoms with Gasteiger partial charge in [-0.15, -0.1) is 0 Å². The lowest BCUT2D eigenvalue weighted by Gasteiger charge is -2.34. The number of carbonyl (C=O) groups is 1. The lowest BCUT2D eigenvalue weighted by Crippen LogP contribution is -2.44. The van der Waals surface area contributed by atoms with Gasteiger partial charge in [0.05, 0.1) is 31.1 Å². The first-order valence-electron chi connectivity index (χ1n) is 7.49. The largest absolute Gasteiger partial charge is 0.377 e. The average molecular weight is 354 g/mol. The highest BCUT2D eigenvalue weighted by molar-refractivity contribution is 7.90. The molecule has 0 radical (unpaired) electrons. The third-order valence-corrected chi connectivity index (χ3v) is 5.01. The second kappa shape index (κ2) is 6.36. The Morgan fingerprint density at radius 1 is 1.50 bits per heavy atom. The van der Waals surface area contributed by atoms with Crippen LogP contribution in [-0.4, -0.2) is 60.6 Å². The maximum atomic E-state index is 12.8. The fourth-order valence-corrected chi connectivity index (χ4v) is 3.46. The molecule has 0 spiro atoms. The molecule has 130 valence electrons. The molecule has 0 aliphatic carbocycles. The highest BCUT2D eigenvalue weighted by Crippen LogP contribution is 2.29. The molecule has 9 nitrogen and oxygen atoms in total. The van der Waals surface area contributed by atoms with Gasteiger partial charge in [-0.1, -0.05) is 12.1 Å². The summed E-state index contributed by atoms with van der Waals surface area (Å²) in [5, 5.41) is 10.3. The standard InChI is InChI=1S/C14H18N4O5S/c1-3-9-6-10(17-23-9)14(19)18-4-5-22-8-11(18)13-12(7-15-16-13)24(2,20)21/h6-7,11H,3-5,8H2,1-2H3,(H,15,16). The van der Waals surface area contributed by atoms with E-state index >= 15 is 0 Å². The van der Waals surface area contributed by atoms with Crippen molar-refractivity contribution in [2.45, 2.75) is 24.3 Å². The predicted molar refractivity (Wildman–Crippen MR) is 82.2 cm³/mol. The molecule has 2 aromatic rings. The van der Waals surface area contributed by atoms with E-state index in [0.29, 0.717) is 31.0 Å². The third-order valence-electron chi connectivity index (χ3n) is 3.88. The summed E-state index contributed by atoms with van der Waals surface area (Å²) in [4.78, 5) is 14.4. The molecule has 1 N–H and O–H groups in total. The van der Waals surface area contributed by atoms with Crippen LogP contribution >= 0.6 is 0 Å². The van der Waals surface area contributed by atoms with Crippen LogP contribution in [0.25, 0.3) is 0 Å². The van der Waals surface area contributed by atoms with Crippen molar-refractivity contribution in [3.8, 4) is 0 Å². The van der Waals surface area contributed by atoms with Crippen LogP contribution in [0.1, 0.15) is 34.9 Å². The minimum atomic E-state index is -3.47. The van der Waals surface area contributed by atoms with Crippen LogP contribution in [-0.2, 0) is 21.0 Å². The molecule has 24 heavy (non-hydrogen) atoms. The van der Waals surface area contributed by atoms with Gasteiger partial charge in [-0.2, -0.15) is 5.10 Å².